The van der Waals surface area contributed by atoms with Gasteiger partial charge in [0.2, 0.25) is 0 Å². The molecule has 104 valence electrons. The molecule has 0 radical (unpaired) electrons. The maximum Gasteiger partial charge on any atom is 0.292 e. The number of anilines is 1. The van der Waals surface area contributed by atoms with Crippen molar-refractivity contribution in [3.8, 4) is 0 Å². The molecule has 19 heavy (non-hydrogen) atoms. The van der Waals surface area contributed by atoms with Gasteiger partial charge in [-0.1, -0.05) is 6.07 Å². The van der Waals surface area contributed by atoms with Crippen LogP contribution in [0.1, 0.15) is 5.56 Å². The second kappa shape index (κ2) is 5.99. The highest BCUT2D eigenvalue weighted by Gasteiger charge is 2.16. The van der Waals surface area contributed by atoms with Gasteiger partial charge >= 0.3 is 0 Å². The molecule has 1 aromatic carbocycles. The second-order valence-corrected chi connectivity index (χ2v) is 4.94. The van der Waals surface area contributed by atoms with E-state index in [1.54, 1.807) is 13.1 Å². The number of nitro benzene ring substituents is 1. The van der Waals surface area contributed by atoms with Crippen molar-refractivity contribution in [2.24, 2.45) is 0 Å². The molecule has 1 aliphatic rings. The summed E-state index contributed by atoms with van der Waals surface area (Å²) in [6.07, 6.45) is 0. The highest BCUT2D eigenvalue weighted by molar-refractivity contribution is 5.62. The third-order valence-electron chi connectivity index (χ3n) is 3.53. The smallest absolute Gasteiger partial charge is 0.292 e. The Kier molecular flexibility index (Phi) is 4.34. The Labute approximate surface area is 113 Å². The maximum atomic E-state index is 10.9. The van der Waals surface area contributed by atoms with Crippen molar-refractivity contribution in [3.63, 3.8) is 0 Å². The van der Waals surface area contributed by atoms with E-state index in [-0.39, 0.29) is 10.6 Å². The van der Waals surface area contributed by atoms with Gasteiger partial charge in [-0.05, 0) is 18.7 Å². The van der Waals surface area contributed by atoms with Crippen LogP contribution in [0.25, 0.3) is 0 Å². The predicted octanol–water partition coefficient (Wildman–Crippen LogP) is 1.38. The number of hydrogen-bond donors (Lipinski definition) is 1. The van der Waals surface area contributed by atoms with E-state index in [1.165, 1.54) is 0 Å². The minimum absolute atomic E-state index is 0.129. The molecule has 6 heteroatoms. The van der Waals surface area contributed by atoms with Crippen molar-refractivity contribution in [2.75, 3.05) is 45.6 Å². The van der Waals surface area contributed by atoms with Gasteiger partial charge in [0.25, 0.3) is 5.69 Å². The highest BCUT2D eigenvalue weighted by atomic mass is 16.6. The number of likely N-dealkylation sites (N-methyl/N-ethyl adjacent to an activating group) is 1. The first kappa shape index (κ1) is 13.8. The lowest BCUT2D eigenvalue weighted by molar-refractivity contribution is -0.384. The van der Waals surface area contributed by atoms with Crippen LogP contribution in [0.15, 0.2) is 18.2 Å². The summed E-state index contributed by atoms with van der Waals surface area (Å²) >= 11 is 0. The van der Waals surface area contributed by atoms with Crippen molar-refractivity contribution in [1.82, 2.24) is 9.80 Å². The van der Waals surface area contributed by atoms with E-state index < -0.39 is 0 Å². The molecule has 0 aromatic heterocycles. The Morgan fingerprint density at radius 3 is 2.58 bits per heavy atom. The van der Waals surface area contributed by atoms with Gasteiger partial charge in [-0.15, -0.1) is 0 Å². The fourth-order valence-corrected chi connectivity index (χ4v) is 2.31. The molecule has 1 aromatic rings. The first-order valence-electron chi connectivity index (χ1n) is 6.46. The Bertz CT molecular complexity index is 456. The van der Waals surface area contributed by atoms with Gasteiger partial charge in [0, 0.05) is 45.8 Å². The van der Waals surface area contributed by atoms with Gasteiger partial charge < -0.3 is 10.2 Å². The molecule has 1 heterocycles. The lowest BCUT2D eigenvalue weighted by Gasteiger charge is -2.32. The maximum absolute atomic E-state index is 10.9. The van der Waals surface area contributed by atoms with Crippen LogP contribution in [0.5, 0.6) is 0 Å². The van der Waals surface area contributed by atoms with Gasteiger partial charge in [0.15, 0.2) is 0 Å². The summed E-state index contributed by atoms with van der Waals surface area (Å²) in [5.74, 6) is 0. The Morgan fingerprint density at radius 2 is 2.00 bits per heavy atom. The fraction of sp³-hybridized carbons (Fsp3) is 0.538. The Hall–Kier alpha value is -1.66. The molecule has 0 saturated carbocycles. The van der Waals surface area contributed by atoms with Crippen LogP contribution in [0.3, 0.4) is 0 Å². The van der Waals surface area contributed by atoms with Crippen LogP contribution in [0, 0.1) is 10.1 Å². The van der Waals surface area contributed by atoms with E-state index in [4.69, 9.17) is 0 Å². The average molecular weight is 264 g/mol. The molecular formula is C13H20N4O2. The van der Waals surface area contributed by atoms with Crippen molar-refractivity contribution >= 4 is 11.4 Å². The quantitative estimate of drug-likeness (QED) is 0.657. The third kappa shape index (κ3) is 3.42. The molecule has 0 unspecified atom stereocenters. The molecule has 0 bridgehead atoms. The Balaban J connectivity index is 2.07. The molecule has 2 rings (SSSR count). The van der Waals surface area contributed by atoms with Crippen molar-refractivity contribution in [3.05, 3.63) is 33.9 Å². The number of hydrogen-bond acceptors (Lipinski definition) is 5. The number of nitrogens with one attached hydrogen (secondary N) is 1. The van der Waals surface area contributed by atoms with E-state index >= 15 is 0 Å². The zero-order valence-electron chi connectivity index (χ0n) is 11.4. The molecule has 0 amide bonds. The lowest BCUT2D eigenvalue weighted by atomic mass is 10.1. The predicted molar refractivity (Wildman–Crippen MR) is 75.4 cm³/mol. The minimum atomic E-state index is -0.356. The number of nitrogens with zero attached hydrogens (tertiary/aromatic N) is 3. The molecule has 1 fully saturated rings. The van der Waals surface area contributed by atoms with E-state index in [0.29, 0.717) is 5.69 Å². The van der Waals surface area contributed by atoms with Crippen LogP contribution in [-0.2, 0) is 6.54 Å². The molecule has 1 aliphatic heterocycles. The SMILES string of the molecule is CNc1cc(CN2CCN(C)CC2)ccc1[N+](=O)[O-]. The minimum Gasteiger partial charge on any atom is -0.383 e. The van der Waals surface area contributed by atoms with Crippen molar-refractivity contribution in [2.45, 2.75) is 6.54 Å². The molecule has 1 N–H and O–H groups in total. The summed E-state index contributed by atoms with van der Waals surface area (Å²) in [6, 6.07) is 5.30. The fourth-order valence-electron chi connectivity index (χ4n) is 2.31. The van der Waals surface area contributed by atoms with Crippen molar-refractivity contribution < 1.29 is 4.92 Å². The largest absolute Gasteiger partial charge is 0.383 e. The van der Waals surface area contributed by atoms with Crippen LogP contribution in [0.2, 0.25) is 0 Å². The number of rotatable bonds is 4. The van der Waals surface area contributed by atoms with Gasteiger partial charge in [0.1, 0.15) is 5.69 Å². The van der Waals surface area contributed by atoms with E-state index in [1.807, 2.05) is 12.1 Å². The summed E-state index contributed by atoms with van der Waals surface area (Å²) in [5.41, 5.74) is 1.82. The van der Waals surface area contributed by atoms with Crippen LogP contribution >= 0.6 is 0 Å². The normalized spacial score (nSPS) is 17.4. The van der Waals surface area contributed by atoms with Crippen LogP contribution < -0.4 is 5.32 Å². The summed E-state index contributed by atoms with van der Waals surface area (Å²) in [4.78, 5) is 15.2. The van der Waals surface area contributed by atoms with E-state index in [2.05, 4.69) is 22.2 Å². The standard InChI is InChI=1S/C13H20N4O2/c1-14-12-9-11(3-4-13(12)17(18)19)10-16-7-5-15(2)6-8-16/h3-4,9,14H,5-8,10H2,1-2H3. The lowest BCUT2D eigenvalue weighted by Crippen LogP contribution is -2.43. The van der Waals surface area contributed by atoms with Gasteiger partial charge in [-0.3, -0.25) is 15.0 Å². The number of piperazine rings is 1. The molecule has 0 aliphatic carbocycles. The van der Waals surface area contributed by atoms with Gasteiger partial charge in [0.05, 0.1) is 4.92 Å². The van der Waals surface area contributed by atoms with Gasteiger partial charge in [-0.25, -0.2) is 0 Å². The molecule has 6 nitrogen and oxygen atoms in total. The summed E-state index contributed by atoms with van der Waals surface area (Å²) in [7, 11) is 3.84. The molecule has 0 atom stereocenters. The topological polar surface area (TPSA) is 61.6 Å². The van der Waals surface area contributed by atoms with Gasteiger partial charge in [-0.2, -0.15) is 0 Å². The molecule has 1 saturated heterocycles. The Morgan fingerprint density at radius 1 is 1.32 bits per heavy atom. The monoisotopic (exact) mass is 264 g/mol. The van der Waals surface area contributed by atoms with Crippen LogP contribution in [0.4, 0.5) is 11.4 Å². The first-order valence-corrected chi connectivity index (χ1v) is 6.46. The second-order valence-electron chi connectivity index (χ2n) is 4.94. The zero-order chi connectivity index (χ0) is 13.8. The molecular weight excluding hydrogens is 244 g/mol. The van der Waals surface area contributed by atoms with Crippen molar-refractivity contribution in [1.29, 1.82) is 0 Å². The molecule has 0 spiro atoms. The summed E-state index contributed by atoms with van der Waals surface area (Å²) < 4.78 is 0. The number of nitro groups is 1. The first-order chi connectivity index (χ1) is 9.10. The summed E-state index contributed by atoms with van der Waals surface area (Å²) in [5, 5.41) is 13.8. The summed E-state index contributed by atoms with van der Waals surface area (Å²) in [6.45, 7) is 5.09. The van der Waals surface area contributed by atoms with E-state index in [0.717, 1.165) is 38.3 Å². The number of benzene rings is 1. The van der Waals surface area contributed by atoms with E-state index in [9.17, 15) is 10.1 Å². The average Bonchev–Trinajstić information content (AvgIpc) is 2.41. The highest BCUT2D eigenvalue weighted by Crippen LogP contribution is 2.25. The third-order valence-corrected chi connectivity index (χ3v) is 3.53. The zero-order valence-corrected chi connectivity index (χ0v) is 11.4. The van der Waals surface area contributed by atoms with Crippen LogP contribution in [-0.4, -0.2) is 55.0 Å².